The predicted molar refractivity (Wildman–Crippen MR) is 77.4 cm³/mol. The summed E-state index contributed by atoms with van der Waals surface area (Å²) in [6.07, 6.45) is 0. The van der Waals surface area contributed by atoms with Crippen LogP contribution in [0, 0.1) is 0 Å². The third-order valence-corrected chi connectivity index (χ3v) is 2.51. The van der Waals surface area contributed by atoms with Crippen LogP contribution in [0.3, 0.4) is 0 Å². The summed E-state index contributed by atoms with van der Waals surface area (Å²) in [6, 6.07) is 15.4. The average molecular weight is 256 g/mol. The van der Waals surface area contributed by atoms with Crippen LogP contribution in [0.15, 0.2) is 53.5 Å². The highest BCUT2D eigenvalue weighted by Gasteiger charge is 1.96. The Bertz CT molecular complexity index is 557. The summed E-state index contributed by atoms with van der Waals surface area (Å²) in [4.78, 5) is 3.90. The molecule has 2 aromatic carbocycles. The summed E-state index contributed by atoms with van der Waals surface area (Å²) in [6.45, 7) is 0. The molecule has 0 aliphatic heterocycles. The van der Waals surface area contributed by atoms with Crippen molar-refractivity contribution in [2.75, 3.05) is 12.4 Å². The Morgan fingerprint density at radius 2 is 1.56 bits per heavy atom. The number of thiocarbonyl (C=S) groups is 1. The molecule has 0 fully saturated rings. The van der Waals surface area contributed by atoms with Gasteiger partial charge in [-0.25, -0.2) is 0 Å². The second kappa shape index (κ2) is 5.96. The number of nitrogens with one attached hydrogen (secondary N) is 1. The smallest absolute Gasteiger partial charge is 0.119 e. The molecule has 90 valence electrons. The molecule has 1 N–H and O–H groups in total. The number of benzene rings is 2. The van der Waals surface area contributed by atoms with E-state index in [-0.39, 0.29) is 0 Å². The Balaban J connectivity index is 2.10. The summed E-state index contributed by atoms with van der Waals surface area (Å²) in [5.41, 5.74) is 2.79. The van der Waals surface area contributed by atoms with Crippen LogP contribution < -0.4 is 10.1 Å². The minimum Gasteiger partial charge on any atom is -0.497 e. The van der Waals surface area contributed by atoms with E-state index in [1.807, 2.05) is 48.5 Å². The van der Waals surface area contributed by atoms with Crippen molar-refractivity contribution in [3.8, 4) is 5.75 Å². The molecule has 0 spiro atoms. The van der Waals surface area contributed by atoms with Gasteiger partial charge in [-0.1, -0.05) is 0 Å². The van der Waals surface area contributed by atoms with Crippen LogP contribution in [-0.4, -0.2) is 12.3 Å². The van der Waals surface area contributed by atoms with Crippen LogP contribution in [-0.2, 0) is 0 Å². The van der Waals surface area contributed by atoms with E-state index >= 15 is 0 Å². The highest BCUT2D eigenvalue weighted by molar-refractivity contribution is 7.78. The number of hydrogen-bond donors (Lipinski definition) is 1. The van der Waals surface area contributed by atoms with Crippen molar-refractivity contribution in [1.82, 2.24) is 0 Å². The maximum absolute atomic E-state index is 5.11. The number of nitrogens with zero attached hydrogens (tertiary/aromatic N) is 1. The van der Waals surface area contributed by atoms with Crippen molar-refractivity contribution in [3.63, 3.8) is 0 Å². The van der Waals surface area contributed by atoms with Crippen molar-refractivity contribution < 1.29 is 4.74 Å². The van der Waals surface area contributed by atoms with E-state index in [1.54, 1.807) is 7.11 Å². The van der Waals surface area contributed by atoms with Crippen LogP contribution in [0.25, 0.3) is 0 Å². The van der Waals surface area contributed by atoms with Crippen molar-refractivity contribution in [3.05, 3.63) is 48.5 Å². The Kier molecular flexibility index (Phi) is 4.07. The minimum atomic E-state index is 0.797. The molecule has 18 heavy (non-hydrogen) atoms. The second-order valence-corrected chi connectivity index (χ2v) is 3.79. The lowest BCUT2D eigenvalue weighted by Gasteiger charge is -2.07. The zero-order valence-corrected chi connectivity index (χ0v) is 10.7. The maximum Gasteiger partial charge on any atom is 0.119 e. The van der Waals surface area contributed by atoms with Crippen LogP contribution >= 0.6 is 12.2 Å². The zero-order valence-electron chi connectivity index (χ0n) is 9.88. The van der Waals surface area contributed by atoms with Gasteiger partial charge in [-0.3, -0.25) is 0 Å². The standard InChI is InChI=1S/C14H12N2OS/c1-17-14-8-6-13(7-9-14)16-12-4-2-11(3-5-12)15-10-18/h2-9,16H,1H3. The third kappa shape index (κ3) is 3.17. The molecule has 2 aromatic rings. The van der Waals surface area contributed by atoms with Crippen molar-refractivity contribution in [2.45, 2.75) is 0 Å². The van der Waals surface area contributed by atoms with Crippen molar-refractivity contribution >= 4 is 34.4 Å². The van der Waals surface area contributed by atoms with Gasteiger partial charge in [0.15, 0.2) is 0 Å². The highest BCUT2D eigenvalue weighted by atomic mass is 32.1. The van der Waals surface area contributed by atoms with Crippen LogP contribution in [0.2, 0.25) is 0 Å². The molecule has 0 aromatic heterocycles. The van der Waals surface area contributed by atoms with Crippen molar-refractivity contribution in [1.29, 1.82) is 0 Å². The molecule has 0 unspecified atom stereocenters. The first-order valence-corrected chi connectivity index (χ1v) is 5.81. The highest BCUT2D eigenvalue weighted by Crippen LogP contribution is 2.21. The SMILES string of the molecule is COc1ccc(Nc2ccc(N=C=S)cc2)cc1. The lowest BCUT2D eigenvalue weighted by Crippen LogP contribution is -1.89. The van der Waals surface area contributed by atoms with Gasteiger partial charge in [-0.05, 0) is 60.7 Å². The Hall–Kier alpha value is -2.16. The van der Waals surface area contributed by atoms with Gasteiger partial charge in [0.2, 0.25) is 0 Å². The first-order chi connectivity index (χ1) is 8.81. The van der Waals surface area contributed by atoms with E-state index in [0.717, 1.165) is 22.8 Å². The lowest BCUT2D eigenvalue weighted by atomic mass is 10.2. The number of aliphatic imine (C=N–C) groups is 1. The molecule has 0 atom stereocenters. The molecule has 0 saturated heterocycles. The van der Waals surface area contributed by atoms with Crippen LogP contribution in [0.5, 0.6) is 5.75 Å². The molecule has 0 bridgehead atoms. The first-order valence-electron chi connectivity index (χ1n) is 5.41. The largest absolute Gasteiger partial charge is 0.497 e. The average Bonchev–Trinajstić information content (AvgIpc) is 2.42. The molecule has 0 aliphatic carbocycles. The van der Waals surface area contributed by atoms with Crippen LogP contribution in [0.1, 0.15) is 0 Å². The molecule has 0 heterocycles. The summed E-state index contributed by atoms with van der Waals surface area (Å²) >= 11 is 4.55. The van der Waals surface area contributed by atoms with Gasteiger partial charge in [0, 0.05) is 11.4 Å². The number of hydrogen-bond acceptors (Lipinski definition) is 4. The third-order valence-electron chi connectivity index (χ3n) is 2.42. The predicted octanol–water partition coefficient (Wildman–Crippen LogP) is 4.17. The summed E-state index contributed by atoms with van der Waals surface area (Å²) in [7, 11) is 1.65. The lowest BCUT2D eigenvalue weighted by molar-refractivity contribution is 0.415. The first kappa shape index (κ1) is 12.3. The Labute approximate surface area is 111 Å². The van der Waals surface area contributed by atoms with E-state index in [2.05, 4.69) is 27.7 Å². The molecule has 3 nitrogen and oxygen atoms in total. The summed E-state index contributed by atoms with van der Waals surface area (Å²) in [5.74, 6) is 0.839. The van der Waals surface area contributed by atoms with Crippen molar-refractivity contribution in [2.24, 2.45) is 4.99 Å². The normalized spacial score (nSPS) is 9.39. The van der Waals surface area contributed by atoms with Gasteiger partial charge in [-0.2, -0.15) is 4.99 Å². The fourth-order valence-electron chi connectivity index (χ4n) is 1.51. The minimum absolute atomic E-state index is 0.797. The fraction of sp³-hybridized carbons (Fsp3) is 0.0714. The van der Waals surface area contributed by atoms with E-state index in [0.29, 0.717) is 0 Å². The Morgan fingerprint density at radius 3 is 2.06 bits per heavy atom. The molecule has 4 heteroatoms. The topological polar surface area (TPSA) is 33.6 Å². The van der Waals surface area contributed by atoms with Gasteiger partial charge in [0.05, 0.1) is 18.0 Å². The molecular weight excluding hydrogens is 244 g/mol. The molecule has 2 rings (SSSR count). The van der Waals surface area contributed by atoms with Gasteiger partial charge >= 0.3 is 0 Å². The van der Waals surface area contributed by atoms with E-state index in [9.17, 15) is 0 Å². The number of anilines is 2. The molecule has 0 saturated carbocycles. The van der Waals surface area contributed by atoms with Gasteiger partial charge in [0.25, 0.3) is 0 Å². The second-order valence-electron chi connectivity index (χ2n) is 3.60. The number of ether oxygens (including phenoxy) is 1. The van der Waals surface area contributed by atoms with Gasteiger partial charge < -0.3 is 10.1 Å². The number of rotatable bonds is 4. The van der Waals surface area contributed by atoms with Gasteiger partial charge in [0.1, 0.15) is 5.75 Å². The molecular formula is C14H12N2OS. The van der Waals surface area contributed by atoms with Gasteiger partial charge in [-0.15, -0.1) is 0 Å². The zero-order chi connectivity index (χ0) is 12.8. The Morgan fingerprint density at radius 1 is 1.00 bits per heavy atom. The van der Waals surface area contributed by atoms with E-state index in [1.165, 1.54) is 0 Å². The summed E-state index contributed by atoms with van der Waals surface area (Å²) < 4.78 is 5.11. The number of methoxy groups -OCH3 is 1. The van der Waals surface area contributed by atoms with Crippen LogP contribution in [0.4, 0.5) is 17.1 Å². The van der Waals surface area contributed by atoms with E-state index < -0.39 is 0 Å². The monoisotopic (exact) mass is 256 g/mol. The molecule has 0 amide bonds. The maximum atomic E-state index is 5.11. The number of isothiocyanates is 1. The van der Waals surface area contributed by atoms with E-state index in [4.69, 9.17) is 4.74 Å². The fourth-order valence-corrected chi connectivity index (χ4v) is 1.62. The quantitative estimate of drug-likeness (QED) is 0.658. The summed E-state index contributed by atoms with van der Waals surface area (Å²) in [5, 5.41) is 5.62. The molecule has 0 aliphatic rings. The molecule has 0 radical (unpaired) electrons.